The van der Waals surface area contributed by atoms with Gasteiger partial charge < -0.3 is 15.4 Å². The summed E-state index contributed by atoms with van der Waals surface area (Å²) in [6.07, 6.45) is 1.64. The summed E-state index contributed by atoms with van der Waals surface area (Å²) in [7, 11) is 1.31. The van der Waals surface area contributed by atoms with E-state index in [0.717, 1.165) is 6.42 Å². The zero-order valence-corrected chi connectivity index (χ0v) is 11.7. The van der Waals surface area contributed by atoms with Crippen LogP contribution in [0.15, 0.2) is 0 Å². The van der Waals surface area contributed by atoms with Gasteiger partial charge in [-0.2, -0.15) is 0 Å². The second-order valence-corrected chi connectivity index (χ2v) is 4.93. The molecule has 6 heteroatoms. The average molecular weight is 270 g/mol. The number of rotatable bonds is 5. The van der Waals surface area contributed by atoms with Crippen molar-refractivity contribution in [3.63, 3.8) is 0 Å². The second-order valence-electron chi connectivity index (χ2n) is 4.93. The number of nitrogens with one attached hydrogen (secondary N) is 2. The molecule has 3 atom stereocenters. The molecule has 2 N–H and O–H groups in total. The van der Waals surface area contributed by atoms with E-state index in [0.29, 0.717) is 19.4 Å². The van der Waals surface area contributed by atoms with Gasteiger partial charge >= 0.3 is 5.97 Å². The minimum absolute atomic E-state index is 0.00887. The molecular weight excluding hydrogens is 248 g/mol. The maximum atomic E-state index is 12.1. The third kappa shape index (κ3) is 4.22. The lowest BCUT2D eigenvalue weighted by Crippen LogP contribution is -2.50. The number of amides is 2. The molecule has 0 spiro atoms. The van der Waals surface area contributed by atoms with Gasteiger partial charge in [-0.15, -0.1) is 0 Å². The van der Waals surface area contributed by atoms with E-state index in [1.54, 1.807) is 0 Å². The van der Waals surface area contributed by atoms with Crippen molar-refractivity contribution in [2.24, 2.45) is 11.8 Å². The summed E-state index contributed by atoms with van der Waals surface area (Å²) in [4.78, 5) is 34.8. The Labute approximate surface area is 113 Å². The van der Waals surface area contributed by atoms with Crippen LogP contribution in [0.3, 0.4) is 0 Å². The van der Waals surface area contributed by atoms with E-state index in [-0.39, 0.29) is 23.7 Å². The van der Waals surface area contributed by atoms with Crippen LogP contribution >= 0.6 is 0 Å². The van der Waals surface area contributed by atoms with Crippen LogP contribution in [0.2, 0.25) is 0 Å². The first-order chi connectivity index (χ1) is 8.99. The van der Waals surface area contributed by atoms with Crippen molar-refractivity contribution < 1.29 is 19.1 Å². The maximum Gasteiger partial charge on any atom is 0.328 e. The number of carbonyl (C=O) groups is 3. The lowest BCUT2D eigenvalue weighted by atomic mass is 9.95. The van der Waals surface area contributed by atoms with E-state index in [2.05, 4.69) is 10.6 Å². The highest BCUT2D eigenvalue weighted by molar-refractivity contribution is 5.87. The molecule has 0 saturated carbocycles. The minimum atomic E-state index is -0.625. The molecule has 0 aromatic carbocycles. The zero-order valence-electron chi connectivity index (χ0n) is 11.7. The Morgan fingerprint density at radius 3 is 2.68 bits per heavy atom. The van der Waals surface area contributed by atoms with Gasteiger partial charge in [0.05, 0.1) is 13.0 Å². The van der Waals surface area contributed by atoms with Crippen molar-refractivity contribution in [1.29, 1.82) is 0 Å². The molecule has 1 rings (SSSR count). The summed E-state index contributed by atoms with van der Waals surface area (Å²) in [5.41, 5.74) is 0. The molecule has 0 aromatic heterocycles. The first-order valence-corrected chi connectivity index (χ1v) is 6.64. The average Bonchev–Trinajstić information content (AvgIpc) is 2.43. The van der Waals surface area contributed by atoms with Crippen LogP contribution in [-0.4, -0.2) is 37.5 Å². The van der Waals surface area contributed by atoms with Crippen molar-refractivity contribution in [2.45, 2.75) is 39.2 Å². The fourth-order valence-electron chi connectivity index (χ4n) is 2.02. The fourth-order valence-corrected chi connectivity index (χ4v) is 2.02. The van der Waals surface area contributed by atoms with Crippen LogP contribution in [0.25, 0.3) is 0 Å². The van der Waals surface area contributed by atoms with E-state index in [9.17, 15) is 14.4 Å². The number of hydrogen-bond acceptors (Lipinski definition) is 4. The Bertz CT molecular complexity index is 347. The summed E-state index contributed by atoms with van der Waals surface area (Å²) in [5.74, 6) is -0.919. The van der Waals surface area contributed by atoms with Gasteiger partial charge in [0.2, 0.25) is 11.8 Å². The largest absolute Gasteiger partial charge is 0.467 e. The van der Waals surface area contributed by atoms with Gasteiger partial charge in [-0.25, -0.2) is 4.79 Å². The standard InChI is InChI=1S/C13H22N2O4/c1-4-8(2)11(13(18)19-3)15-12(17)9-5-6-10(16)14-7-9/h8-9,11H,4-7H2,1-3H3,(H,14,16)(H,15,17). The molecule has 0 aliphatic carbocycles. The molecule has 1 heterocycles. The van der Waals surface area contributed by atoms with E-state index in [1.807, 2.05) is 13.8 Å². The predicted octanol–water partition coefficient (Wildman–Crippen LogP) is 0.217. The van der Waals surface area contributed by atoms with Crippen molar-refractivity contribution in [3.05, 3.63) is 0 Å². The summed E-state index contributed by atoms with van der Waals surface area (Å²) in [6, 6.07) is -0.625. The Morgan fingerprint density at radius 2 is 2.21 bits per heavy atom. The fraction of sp³-hybridized carbons (Fsp3) is 0.769. The maximum absolute atomic E-state index is 12.1. The van der Waals surface area contributed by atoms with Crippen LogP contribution in [0.4, 0.5) is 0 Å². The van der Waals surface area contributed by atoms with Crippen molar-refractivity contribution in [2.75, 3.05) is 13.7 Å². The Balaban J connectivity index is 2.60. The molecule has 3 unspecified atom stereocenters. The molecule has 108 valence electrons. The summed E-state index contributed by atoms with van der Waals surface area (Å²) in [5, 5.41) is 5.39. The molecular formula is C13H22N2O4. The zero-order chi connectivity index (χ0) is 14.4. The number of esters is 1. The van der Waals surface area contributed by atoms with Gasteiger partial charge in [0.15, 0.2) is 0 Å². The Kier molecular flexibility index (Phi) is 5.79. The molecule has 0 bridgehead atoms. The van der Waals surface area contributed by atoms with Crippen molar-refractivity contribution in [3.8, 4) is 0 Å². The molecule has 1 fully saturated rings. The van der Waals surface area contributed by atoms with Crippen LogP contribution in [-0.2, 0) is 19.1 Å². The molecule has 19 heavy (non-hydrogen) atoms. The van der Waals surface area contributed by atoms with Gasteiger partial charge in [-0.3, -0.25) is 9.59 Å². The number of piperidine rings is 1. The van der Waals surface area contributed by atoms with Crippen molar-refractivity contribution in [1.82, 2.24) is 10.6 Å². The van der Waals surface area contributed by atoms with Gasteiger partial charge in [0.25, 0.3) is 0 Å². The highest BCUT2D eigenvalue weighted by Gasteiger charge is 2.31. The smallest absolute Gasteiger partial charge is 0.328 e. The summed E-state index contributed by atoms with van der Waals surface area (Å²) >= 11 is 0. The molecule has 6 nitrogen and oxygen atoms in total. The highest BCUT2D eigenvalue weighted by atomic mass is 16.5. The third-order valence-corrected chi connectivity index (χ3v) is 3.60. The summed E-state index contributed by atoms with van der Waals surface area (Å²) in [6.45, 7) is 4.18. The van der Waals surface area contributed by atoms with E-state index in [4.69, 9.17) is 4.74 Å². The van der Waals surface area contributed by atoms with Gasteiger partial charge in [-0.1, -0.05) is 20.3 Å². The van der Waals surface area contributed by atoms with E-state index >= 15 is 0 Å². The SMILES string of the molecule is CCC(C)C(NC(=O)C1CCC(=O)NC1)C(=O)OC. The lowest BCUT2D eigenvalue weighted by Gasteiger charge is -2.26. The van der Waals surface area contributed by atoms with E-state index < -0.39 is 12.0 Å². The van der Waals surface area contributed by atoms with Gasteiger partial charge in [0.1, 0.15) is 6.04 Å². The second kappa shape index (κ2) is 7.11. The van der Waals surface area contributed by atoms with Gasteiger partial charge in [-0.05, 0) is 12.3 Å². The first kappa shape index (κ1) is 15.5. The van der Waals surface area contributed by atoms with Crippen LogP contribution < -0.4 is 10.6 Å². The Morgan fingerprint density at radius 1 is 1.53 bits per heavy atom. The molecule has 1 aliphatic rings. The Hall–Kier alpha value is -1.59. The van der Waals surface area contributed by atoms with Crippen LogP contribution in [0.5, 0.6) is 0 Å². The number of hydrogen-bond donors (Lipinski definition) is 2. The molecule has 1 aliphatic heterocycles. The molecule has 0 aromatic rings. The number of carbonyl (C=O) groups excluding carboxylic acids is 3. The highest BCUT2D eigenvalue weighted by Crippen LogP contribution is 2.14. The van der Waals surface area contributed by atoms with Crippen molar-refractivity contribution >= 4 is 17.8 Å². The monoisotopic (exact) mass is 270 g/mol. The van der Waals surface area contributed by atoms with E-state index in [1.165, 1.54) is 7.11 Å². The lowest BCUT2D eigenvalue weighted by molar-refractivity contribution is -0.147. The minimum Gasteiger partial charge on any atom is -0.467 e. The quantitative estimate of drug-likeness (QED) is 0.700. The number of ether oxygens (including phenoxy) is 1. The molecule has 0 radical (unpaired) electrons. The third-order valence-electron chi connectivity index (χ3n) is 3.60. The predicted molar refractivity (Wildman–Crippen MR) is 69.1 cm³/mol. The molecule has 2 amide bonds. The summed E-state index contributed by atoms with van der Waals surface area (Å²) < 4.78 is 4.72. The van der Waals surface area contributed by atoms with Crippen LogP contribution in [0, 0.1) is 11.8 Å². The van der Waals surface area contributed by atoms with Crippen LogP contribution in [0.1, 0.15) is 33.1 Å². The topological polar surface area (TPSA) is 84.5 Å². The van der Waals surface area contributed by atoms with Gasteiger partial charge in [0, 0.05) is 13.0 Å². The first-order valence-electron chi connectivity index (χ1n) is 6.64. The normalized spacial score (nSPS) is 22.1. The molecule has 1 saturated heterocycles. The number of methoxy groups -OCH3 is 1.